The number of carbonyl (C=O) groups is 1. The highest BCUT2D eigenvalue weighted by atomic mass is 16.6. The van der Waals surface area contributed by atoms with Gasteiger partial charge in [0.25, 0.3) is 5.97 Å². The first-order valence-corrected chi connectivity index (χ1v) is 4.05. The van der Waals surface area contributed by atoms with Gasteiger partial charge in [-0.3, -0.25) is 4.79 Å². The molecule has 0 aromatic carbocycles. The quantitative estimate of drug-likeness (QED) is 0.577. The summed E-state index contributed by atoms with van der Waals surface area (Å²) < 4.78 is 5.04. The first kappa shape index (κ1) is 11.4. The lowest BCUT2D eigenvalue weighted by atomic mass is 10.1. The summed E-state index contributed by atoms with van der Waals surface area (Å²) in [4.78, 5) is 9.00. The van der Waals surface area contributed by atoms with Crippen LogP contribution >= 0.6 is 0 Å². The molecule has 0 bridgehead atoms. The zero-order valence-electron chi connectivity index (χ0n) is 7.49. The van der Waals surface area contributed by atoms with Gasteiger partial charge in [0, 0.05) is 6.92 Å². The average Bonchev–Trinajstić information content (AvgIpc) is 1.84. The molecule has 2 atom stereocenters. The Kier molecular flexibility index (Phi) is 5.66. The van der Waals surface area contributed by atoms with Crippen LogP contribution in [0.3, 0.4) is 0 Å². The maximum atomic E-state index is 9.00. The maximum Gasteiger partial charge on any atom is 0.300 e. The Balaban J connectivity index is 0.000000261. The predicted octanol–water partition coefficient (Wildman–Crippen LogP) is 0.985. The van der Waals surface area contributed by atoms with Crippen LogP contribution in [0, 0.1) is 0 Å². The molecule has 2 N–H and O–H groups in total. The van der Waals surface area contributed by atoms with E-state index in [0.717, 1.165) is 26.2 Å². The first-order chi connectivity index (χ1) is 5.52. The topological polar surface area (TPSA) is 66.8 Å². The lowest BCUT2D eigenvalue weighted by Gasteiger charge is -2.23. The molecule has 0 aromatic rings. The molecular formula is C8H16O4. The molecule has 1 fully saturated rings. The van der Waals surface area contributed by atoms with Crippen LogP contribution in [0.1, 0.15) is 33.1 Å². The van der Waals surface area contributed by atoms with Crippen molar-refractivity contribution in [3.63, 3.8) is 0 Å². The number of aliphatic carboxylic acids is 1. The van der Waals surface area contributed by atoms with Gasteiger partial charge in [-0.25, -0.2) is 0 Å². The number of hydrogen-bond acceptors (Lipinski definition) is 3. The van der Waals surface area contributed by atoms with Crippen LogP contribution in [-0.4, -0.2) is 28.6 Å². The van der Waals surface area contributed by atoms with E-state index in [-0.39, 0.29) is 6.10 Å². The van der Waals surface area contributed by atoms with Gasteiger partial charge < -0.3 is 14.9 Å². The van der Waals surface area contributed by atoms with E-state index >= 15 is 0 Å². The van der Waals surface area contributed by atoms with E-state index in [1.807, 2.05) is 6.92 Å². The van der Waals surface area contributed by atoms with Crippen LogP contribution < -0.4 is 0 Å². The van der Waals surface area contributed by atoms with E-state index in [0.29, 0.717) is 0 Å². The molecular weight excluding hydrogens is 160 g/mol. The molecule has 72 valence electrons. The standard InChI is InChI=1S/C6H12O2.C2H4O2/c1-5-3-2-4-6(7)8-5;1-2(3)4/h5-7H,2-4H2,1H3;1H3,(H,3,4). The summed E-state index contributed by atoms with van der Waals surface area (Å²) in [5.41, 5.74) is 0. The lowest BCUT2D eigenvalue weighted by molar-refractivity contribution is -0.156. The molecule has 0 amide bonds. The molecule has 1 saturated heterocycles. The summed E-state index contributed by atoms with van der Waals surface area (Å²) in [5, 5.41) is 16.3. The Labute approximate surface area is 72.2 Å². The van der Waals surface area contributed by atoms with E-state index in [4.69, 9.17) is 19.7 Å². The third kappa shape index (κ3) is 7.50. The molecule has 1 aliphatic rings. The molecule has 1 aliphatic heterocycles. The number of ether oxygens (including phenoxy) is 1. The van der Waals surface area contributed by atoms with Crippen LogP contribution in [0.5, 0.6) is 0 Å². The van der Waals surface area contributed by atoms with E-state index in [1.54, 1.807) is 0 Å². The molecule has 0 aromatic heterocycles. The molecule has 0 spiro atoms. The number of carboxylic acids is 1. The molecule has 0 radical (unpaired) electrons. The summed E-state index contributed by atoms with van der Waals surface area (Å²) in [6.07, 6.45) is 2.78. The first-order valence-electron chi connectivity index (χ1n) is 4.05. The maximum absolute atomic E-state index is 9.00. The van der Waals surface area contributed by atoms with Gasteiger partial charge in [0.1, 0.15) is 0 Å². The zero-order valence-corrected chi connectivity index (χ0v) is 7.49. The highest BCUT2D eigenvalue weighted by Crippen LogP contribution is 2.15. The third-order valence-corrected chi connectivity index (χ3v) is 1.45. The molecule has 0 aliphatic carbocycles. The van der Waals surface area contributed by atoms with Crippen LogP contribution in [0.4, 0.5) is 0 Å². The Morgan fingerprint density at radius 2 is 2.00 bits per heavy atom. The molecule has 1 heterocycles. The second-order valence-corrected chi connectivity index (χ2v) is 2.85. The Morgan fingerprint density at radius 3 is 2.25 bits per heavy atom. The smallest absolute Gasteiger partial charge is 0.300 e. The van der Waals surface area contributed by atoms with E-state index < -0.39 is 12.3 Å². The minimum atomic E-state index is -0.833. The normalized spacial score (nSPS) is 28.6. The average molecular weight is 176 g/mol. The minimum absolute atomic E-state index is 0.263. The van der Waals surface area contributed by atoms with Crippen LogP contribution in [0.25, 0.3) is 0 Å². The second-order valence-electron chi connectivity index (χ2n) is 2.85. The molecule has 2 unspecified atom stereocenters. The van der Waals surface area contributed by atoms with Gasteiger partial charge in [-0.15, -0.1) is 0 Å². The van der Waals surface area contributed by atoms with Crippen molar-refractivity contribution in [2.75, 3.05) is 0 Å². The Hall–Kier alpha value is -0.610. The van der Waals surface area contributed by atoms with Gasteiger partial charge in [-0.2, -0.15) is 0 Å². The van der Waals surface area contributed by atoms with Crippen molar-refractivity contribution in [2.24, 2.45) is 0 Å². The second kappa shape index (κ2) is 5.97. The lowest BCUT2D eigenvalue weighted by Crippen LogP contribution is -2.24. The van der Waals surface area contributed by atoms with E-state index in [2.05, 4.69) is 0 Å². The number of carboxylic acid groups (broad SMARTS) is 1. The van der Waals surface area contributed by atoms with Gasteiger partial charge in [0.05, 0.1) is 6.10 Å². The fraction of sp³-hybridized carbons (Fsp3) is 0.875. The van der Waals surface area contributed by atoms with Crippen LogP contribution in [0.15, 0.2) is 0 Å². The van der Waals surface area contributed by atoms with E-state index in [1.165, 1.54) is 0 Å². The largest absolute Gasteiger partial charge is 0.481 e. The van der Waals surface area contributed by atoms with Gasteiger partial charge in [-0.05, 0) is 26.2 Å². The fourth-order valence-corrected chi connectivity index (χ4v) is 0.984. The monoisotopic (exact) mass is 176 g/mol. The summed E-state index contributed by atoms with van der Waals surface area (Å²) >= 11 is 0. The van der Waals surface area contributed by atoms with Crippen LogP contribution in [0.2, 0.25) is 0 Å². The van der Waals surface area contributed by atoms with Crippen molar-refractivity contribution < 1.29 is 19.7 Å². The highest BCUT2D eigenvalue weighted by Gasteiger charge is 2.15. The predicted molar refractivity (Wildman–Crippen MR) is 43.7 cm³/mol. The minimum Gasteiger partial charge on any atom is -0.481 e. The van der Waals surface area contributed by atoms with Gasteiger partial charge in [0.2, 0.25) is 0 Å². The highest BCUT2D eigenvalue weighted by molar-refractivity contribution is 5.62. The number of aliphatic hydroxyl groups excluding tert-OH is 1. The fourth-order valence-electron chi connectivity index (χ4n) is 0.984. The van der Waals surface area contributed by atoms with Crippen molar-refractivity contribution in [3.8, 4) is 0 Å². The van der Waals surface area contributed by atoms with Crippen molar-refractivity contribution in [1.82, 2.24) is 0 Å². The Morgan fingerprint density at radius 1 is 1.50 bits per heavy atom. The van der Waals surface area contributed by atoms with Gasteiger partial charge in [-0.1, -0.05) is 0 Å². The molecule has 4 nitrogen and oxygen atoms in total. The molecule has 4 heteroatoms. The zero-order chi connectivity index (χ0) is 9.56. The SMILES string of the molecule is CC(=O)O.CC1CCCC(O)O1. The summed E-state index contributed by atoms with van der Waals surface area (Å²) in [5.74, 6) is -0.833. The van der Waals surface area contributed by atoms with Crippen molar-refractivity contribution in [1.29, 1.82) is 0 Å². The number of aliphatic hydroxyl groups is 1. The third-order valence-electron chi connectivity index (χ3n) is 1.45. The van der Waals surface area contributed by atoms with Crippen LogP contribution in [-0.2, 0) is 9.53 Å². The van der Waals surface area contributed by atoms with Gasteiger partial charge >= 0.3 is 0 Å². The summed E-state index contributed by atoms with van der Waals surface area (Å²) in [6, 6.07) is 0. The van der Waals surface area contributed by atoms with Crippen molar-refractivity contribution in [2.45, 2.75) is 45.5 Å². The number of hydrogen-bond donors (Lipinski definition) is 2. The van der Waals surface area contributed by atoms with Crippen molar-refractivity contribution >= 4 is 5.97 Å². The van der Waals surface area contributed by atoms with Gasteiger partial charge in [0.15, 0.2) is 6.29 Å². The summed E-state index contributed by atoms with van der Waals surface area (Å²) in [6.45, 7) is 3.07. The summed E-state index contributed by atoms with van der Waals surface area (Å²) in [7, 11) is 0. The molecule has 0 saturated carbocycles. The Bertz CT molecular complexity index is 123. The molecule has 12 heavy (non-hydrogen) atoms. The van der Waals surface area contributed by atoms with E-state index in [9.17, 15) is 0 Å². The number of rotatable bonds is 0. The molecule has 1 rings (SSSR count). The van der Waals surface area contributed by atoms with Crippen molar-refractivity contribution in [3.05, 3.63) is 0 Å².